The van der Waals surface area contributed by atoms with E-state index in [4.69, 9.17) is 0 Å². The third-order valence-corrected chi connectivity index (χ3v) is 6.40. The molecule has 1 aliphatic rings. The van der Waals surface area contributed by atoms with Crippen molar-refractivity contribution in [1.29, 1.82) is 0 Å². The first-order chi connectivity index (χ1) is 11.3. The molecule has 1 fully saturated rings. The molecule has 1 atom stereocenters. The van der Waals surface area contributed by atoms with E-state index in [1.807, 2.05) is 0 Å². The number of hydrogen-bond acceptors (Lipinski definition) is 5. The molecule has 24 heavy (non-hydrogen) atoms. The minimum absolute atomic E-state index is 0.0304. The third kappa shape index (κ3) is 6.48. The van der Waals surface area contributed by atoms with Gasteiger partial charge in [-0.25, -0.2) is 12.8 Å². The van der Waals surface area contributed by atoms with Crippen molar-refractivity contribution in [2.45, 2.75) is 24.2 Å². The van der Waals surface area contributed by atoms with Crippen LogP contribution in [0.25, 0.3) is 0 Å². The van der Waals surface area contributed by atoms with Gasteiger partial charge in [0.05, 0.1) is 11.5 Å². The van der Waals surface area contributed by atoms with Gasteiger partial charge in [-0.15, -0.1) is 11.8 Å². The molecule has 2 amide bonds. The van der Waals surface area contributed by atoms with E-state index in [1.165, 1.54) is 23.9 Å². The van der Waals surface area contributed by atoms with Crippen molar-refractivity contribution in [3.63, 3.8) is 0 Å². The van der Waals surface area contributed by atoms with Crippen LogP contribution < -0.4 is 10.9 Å². The van der Waals surface area contributed by atoms with Crippen LogP contribution in [0.15, 0.2) is 29.2 Å². The standard InChI is InChI=1S/C15H19FN2O4S2/c16-12-1-3-13(4-2-12)23-7-5-14(19)17-18-15(20)9-11-6-8-24(21,22)10-11/h1-4,11H,5-10H2,(H,17,19)(H,18,20)/t11-/m0/s1. The number of carbonyl (C=O) groups is 2. The molecule has 132 valence electrons. The van der Waals surface area contributed by atoms with E-state index < -0.39 is 15.7 Å². The van der Waals surface area contributed by atoms with Crippen LogP contribution in [0.2, 0.25) is 0 Å². The maximum Gasteiger partial charge on any atom is 0.239 e. The second kappa shape index (κ2) is 8.48. The largest absolute Gasteiger partial charge is 0.273 e. The topological polar surface area (TPSA) is 92.3 Å². The number of amides is 2. The normalized spacial score (nSPS) is 19.0. The zero-order valence-corrected chi connectivity index (χ0v) is 14.6. The first-order valence-electron chi connectivity index (χ1n) is 7.50. The van der Waals surface area contributed by atoms with Crippen molar-refractivity contribution >= 4 is 33.4 Å². The van der Waals surface area contributed by atoms with E-state index in [2.05, 4.69) is 10.9 Å². The summed E-state index contributed by atoms with van der Waals surface area (Å²) < 4.78 is 35.4. The molecule has 6 nitrogen and oxygen atoms in total. The molecule has 1 saturated heterocycles. The van der Waals surface area contributed by atoms with Crippen molar-refractivity contribution in [2.24, 2.45) is 5.92 Å². The molecule has 1 heterocycles. The third-order valence-electron chi connectivity index (χ3n) is 3.55. The van der Waals surface area contributed by atoms with Crippen LogP contribution in [0.4, 0.5) is 4.39 Å². The molecule has 0 saturated carbocycles. The van der Waals surface area contributed by atoms with Gasteiger partial charge in [-0.1, -0.05) is 0 Å². The summed E-state index contributed by atoms with van der Waals surface area (Å²) in [5, 5.41) is 0. The zero-order valence-electron chi connectivity index (χ0n) is 13.0. The summed E-state index contributed by atoms with van der Waals surface area (Å²) in [5.74, 6) is -0.570. The van der Waals surface area contributed by atoms with Gasteiger partial charge in [-0.3, -0.25) is 20.4 Å². The number of nitrogens with one attached hydrogen (secondary N) is 2. The highest BCUT2D eigenvalue weighted by Crippen LogP contribution is 2.21. The van der Waals surface area contributed by atoms with E-state index in [0.717, 1.165) is 4.90 Å². The molecule has 1 aromatic rings. The Hall–Kier alpha value is -1.61. The maximum atomic E-state index is 12.8. The fourth-order valence-electron chi connectivity index (χ4n) is 2.34. The van der Waals surface area contributed by atoms with E-state index in [0.29, 0.717) is 12.2 Å². The van der Waals surface area contributed by atoms with Gasteiger partial charge in [-0.05, 0) is 36.6 Å². The van der Waals surface area contributed by atoms with Gasteiger partial charge in [0.25, 0.3) is 0 Å². The van der Waals surface area contributed by atoms with E-state index in [-0.39, 0.29) is 42.0 Å². The number of hydrazine groups is 1. The summed E-state index contributed by atoms with van der Waals surface area (Å²) >= 11 is 1.41. The molecule has 0 spiro atoms. The number of hydrogen-bond donors (Lipinski definition) is 2. The Labute approximate surface area is 144 Å². The molecule has 0 aromatic heterocycles. The second-order valence-corrected chi connectivity index (χ2v) is 9.02. The van der Waals surface area contributed by atoms with Crippen LogP contribution in [0.5, 0.6) is 0 Å². The predicted octanol–water partition coefficient (Wildman–Crippen LogP) is 1.28. The van der Waals surface area contributed by atoms with E-state index >= 15 is 0 Å². The molecule has 2 rings (SSSR count). The van der Waals surface area contributed by atoms with Gasteiger partial charge in [-0.2, -0.15) is 0 Å². The summed E-state index contributed by atoms with van der Waals surface area (Å²) in [6.07, 6.45) is 0.766. The molecule has 1 aromatic carbocycles. The summed E-state index contributed by atoms with van der Waals surface area (Å²) in [7, 11) is -3.01. The molecular formula is C15H19FN2O4S2. The van der Waals surface area contributed by atoms with E-state index in [9.17, 15) is 22.4 Å². The van der Waals surface area contributed by atoms with Crippen LogP contribution in [-0.2, 0) is 19.4 Å². The molecule has 0 unspecified atom stereocenters. The second-order valence-electron chi connectivity index (χ2n) is 5.62. The molecule has 0 aliphatic carbocycles. The zero-order chi connectivity index (χ0) is 17.6. The monoisotopic (exact) mass is 374 g/mol. The average molecular weight is 374 g/mol. The van der Waals surface area contributed by atoms with Gasteiger partial charge in [0.2, 0.25) is 11.8 Å². The Morgan fingerprint density at radius 3 is 2.46 bits per heavy atom. The highest BCUT2D eigenvalue weighted by atomic mass is 32.2. The van der Waals surface area contributed by atoms with Crippen molar-refractivity contribution < 1.29 is 22.4 Å². The number of rotatable bonds is 6. The van der Waals surface area contributed by atoms with Gasteiger partial charge >= 0.3 is 0 Å². The van der Waals surface area contributed by atoms with Crippen LogP contribution in [0, 0.1) is 11.7 Å². The molecule has 0 bridgehead atoms. The van der Waals surface area contributed by atoms with Crippen LogP contribution in [0.1, 0.15) is 19.3 Å². The fraction of sp³-hybridized carbons (Fsp3) is 0.467. The summed E-state index contributed by atoms with van der Waals surface area (Å²) in [5.41, 5.74) is 4.61. The van der Waals surface area contributed by atoms with Crippen LogP contribution in [-0.4, -0.2) is 37.5 Å². The Kier molecular flexibility index (Phi) is 6.61. The SMILES string of the molecule is O=C(CCSc1ccc(F)cc1)NNC(=O)C[C@@H]1CCS(=O)(=O)C1. The maximum absolute atomic E-state index is 12.8. The van der Waals surface area contributed by atoms with Gasteiger partial charge < -0.3 is 0 Å². The minimum Gasteiger partial charge on any atom is -0.273 e. The predicted molar refractivity (Wildman–Crippen MR) is 89.4 cm³/mol. The molecule has 2 N–H and O–H groups in total. The lowest BCUT2D eigenvalue weighted by Crippen LogP contribution is -2.42. The van der Waals surface area contributed by atoms with Gasteiger partial charge in [0.15, 0.2) is 9.84 Å². The quantitative estimate of drug-likeness (QED) is 0.578. The Morgan fingerprint density at radius 2 is 1.83 bits per heavy atom. The Bertz CT molecular complexity index is 692. The lowest BCUT2D eigenvalue weighted by Gasteiger charge is -2.10. The molecule has 9 heteroatoms. The number of carbonyl (C=O) groups excluding carboxylic acids is 2. The minimum atomic E-state index is -3.01. The smallest absolute Gasteiger partial charge is 0.239 e. The first-order valence-corrected chi connectivity index (χ1v) is 10.3. The summed E-state index contributed by atoms with van der Waals surface area (Å²) in [6, 6.07) is 5.97. The molecule has 1 aliphatic heterocycles. The molecular weight excluding hydrogens is 355 g/mol. The van der Waals surface area contributed by atoms with Crippen LogP contribution >= 0.6 is 11.8 Å². The number of thioether (sulfide) groups is 1. The van der Waals surface area contributed by atoms with Crippen molar-refractivity contribution in [3.8, 4) is 0 Å². The summed E-state index contributed by atoms with van der Waals surface area (Å²) in [6.45, 7) is 0. The van der Waals surface area contributed by atoms with Crippen molar-refractivity contribution in [2.75, 3.05) is 17.3 Å². The van der Waals surface area contributed by atoms with E-state index in [1.54, 1.807) is 12.1 Å². The highest BCUT2D eigenvalue weighted by Gasteiger charge is 2.29. The molecule has 0 radical (unpaired) electrons. The fourth-order valence-corrected chi connectivity index (χ4v) is 5.05. The number of halogens is 1. The lowest BCUT2D eigenvalue weighted by molar-refractivity contribution is -0.129. The summed E-state index contributed by atoms with van der Waals surface area (Å²) in [4.78, 5) is 24.2. The highest BCUT2D eigenvalue weighted by molar-refractivity contribution is 7.99. The van der Waals surface area contributed by atoms with Gasteiger partial charge in [0.1, 0.15) is 5.82 Å². The number of sulfone groups is 1. The average Bonchev–Trinajstić information content (AvgIpc) is 2.86. The Balaban J connectivity index is 1.60. The Morgan fingerprint density at radius 1 is 1.17 bits per heavy atom. The number of benzene rings is 1. The lowest BCUT2D eigenvalue weighted by atomic mass is 10.1. The van der Waals surface area contributed by atoms with Gasteiger partial charge in [0, 0.05) is 23.5 Å². The first kappa shape index (κ1) is 18.7. The van der Waals surface area contributed by atoms with Crippen LogP contribution in [0.3, 0.4) is 0 Å². The van der Waals surface area contributed by atoms with Crippen molar-refractivity contribution in [1.82, 2.24) is 10.9 Å². The van der Waals surface area contributed by atoms with Crippen molar-refractivity contribution in [3.05, 3.63) is 30.1 Å².